The molecule has 0 heterocycles. The van der Waals surface area contributed by atoms with E-state index < -0.39 is 11.9 Å². The van der Waals surface area contributed by atoms with Crippen molar-refractivity contribution in [1.82, 2.24) is 0 Å². The molecule has 0 amide bonds. The number of benzene rings is 2. The van der Waals surface area contributed by atoms with E-state index in [9.17, 15) is 9.50 Å². The summed E-state index contributed by atoms with van der Waals surface area (Å²) in [7, 11) is 1.51. The number of ether oxygens (including phenoxy) is 2. The number of hydrogen-bond donors (Lipinski definition) is 1. The normalized spacial score (nSPS) is 12.1. The van der Waals surface area contributed by atoms with Crippen molar-refractivity contribution in [2.45, 2.75) is 13.0 Å². The highest BCUT2D eigenvalue weighted by molar-refractivity contribution is 9.10. The van der Waals surface area contributed by atoms with Gasteiger partial charge in [0.25, 0.3) is 0 Å². The minimum Gasteiger partial charge on any atom is -0.496 e. The van der Waals surface area contributed by atoms with Crippen LogP contribution >= 0.6 is 15.9 Å². The zero-order valence-electron chi connectivity index (χ0n) is 11.1. The summed E-state index contributed by atoms with van der Waals surface area (Å²) in [4.78, 5) is 0. The molecule has 0 aliphatic rings. The molecule has 1 atom stereocenters. The maximum atomic E-state index is 13.8. The molecule has 3 nitrogen and oxygen atoms in total. The summed E-state index contributed by atoms with van der Waals surface area (Å²) in [5.74, 6) is 0.456. The van der Waals surface area contributed by atoms with Crippen LogP contribution in [0.4, 0.5) is 4.39 Å². The predicted molar refractivity (Wildman–Crippen MR) is 77.8 cm³/mol. The van der Waals surface area contributed by atoms with Crippen LogP contribution in [0.2, 0.25) is 0 Å². The van der Waals surface area contributed by atoms with Gasteiger partial charge in [-0.15, -0.1) is 0 Å². The molecule has 106 valence electrons. The smallest absolute Gasteiger partial charge is 0.166 e. The maximum Gasteiger partial charge on any atom is 0.166 e. The van der Waals surface area contributed by atoms with Crippen molar-refractivity contribution in [2.75, 3.05) is 7.11 Å². The minimum atomic E-state index is -0.792. The van der Waals surface area contributed by atoms with Crippen LogP contribution in [0.1, 0.15) is 18.6 Å². The molecule has 1 N–H and O–H groups in total. The van der Waals surface area contributed by atoms with E-state index in [0.29, 0.717) is 21.5 Å². The van der Waals surface area contributed by atoms with E-state index in [0.717, 1.165) is 0 Å². The van der Waals surface area contributed by atoms with E-state index in [1.807, 2.05) is 0 Å². The number of aliphatic hydroxyl groups is 1. The summed E-state index contributed by atoms with van der Waals surface area (Å²) >= 11 is 3.19. The Morgan fingerprint density at radius 3 is 2.45 bits per heavy atom. The Kier molecular flexibility index (Phi) is 4.62. The Hall–Kier alpha value is -1.59. The van der Waals surface area contributed by atoms with Crippen molar-refractivity contribution in [1.29, 1.82) is 0 Å². The molecular weight excluding hydrogens is 327 g/mol. The van der Waals surface area contributed by atoms with E-state index in [1.54, 1.807) is 31.2 Å². The standard InChI is InChI=1S/C15H14BrFO3/c1-9(18)15-13(19-2)4-3-5-14(15)20-12-7-6-10(16)8-11(12)17/h3-9,18H,1-2H3. The first kappa shape index (κ1) is 14.8. The fourth-order valence-corrected chi connectivity index (χ4v) is 2.21. The van der Waals surface area contributed by atoms with Gasteiger partial charge in [0.05, 0.1) is 18.8 Å². The van der Waals surface area contributed by atoms with Crippen LogP contribution < -0.4 is 9.47 Å². The molecule has 2 aromatic rings. The molecule has 0 saturated carbocycles. The summed E-state index contributed by atoms with van der Waals surface area (Å²) < 4.78 is 25.2. The Labute approximate surface area is 125 Å². The van der Waals surface area contributed by atoms with E-state index in [4.69, 9.17) is 9.47 Å². The van der Waals surface area contributed by atoms with Crippen molar-refractivity contribution in [3.8, 4) is 17.2 Å². The fraction of sp³-hybridized carbons (Fsp3) is 0.200. The summed E-state index contributed by atoms with van der Waals surface area (Å²) in [6.07, 6.45) is -0.792. The number of aliphatic hydroxyl groups excluding tert-OH is 1. The second-order valence-electron chi connectivity index (χ2n) is 4.22. The highest BCUT2D eigenvalue weighted by Crippen LogP contribution is 2.37. The monoisotopic (exact) mass is 340 g/mol. The summed E-state index contributed by atoms with van der Waals surface area (Å²) in [6, 6.07) is 9.61. The van der Waals surface area contributed by atoms with E-state index in [2.05, 4.69) is 15.9 Å². The lowest BCUT2D eigenvalue weighted by Crippen LogP contribution is -2.00. The second-order valence-corrected chi connectivity index (χ2v) is 5.14. The van der Waals surface area contributed by atoms with Crippen LogP contribution in [-0.2, 0) is 0 Å². The number of rotatable bonds is 4. The van der Waals surface area contributed by atoms with Gasteiger partial charge in [-0.25, -0.2) is 4.39 Å². The average molecular weight is 341 g/mol. The third kappa shape index (κ3) is 3.11. The van der Waals surface area contributed by atoms with E-state index >= 15 is 0 Å². The molecule has 0 bridgehead atoms. The molecule has 2 rings (SSSR count). The highest BCUT2D eigenvalue weighted by atomic mass is 79.9. The minimum absolute atomic E-state index is 0.0864. The predicted octanol–water partition coefficient (Wildman–Crippen LogP) is 4.44. The molecular formula is C15H14BrFO3. The van der Waals surface area contributed by atoms with Crippen LogP contribution in [0.15, 0.2) is 40.9 Å². The summed E-state index contributed by atoms with van der Waals surface area (Å²) in [5, 5.41) is 9.85. The molecule has 20 heavy (non-hydrogen) atoms. The molecule has 0 radical (unpaired) electrons. The lowest BCUT2D eigenvalue weighted by molar-refractivity contribution is 0.190. The quantitative estimate of drug-likeness (QED) is 0.893. The largest absolute Gasteiger partial charge is 0.496 e. The van der Waals surface area contributed by atoms with Crippen molar-refractivity contribution >= 4 is 15.9 Å². The molecule has 1 unspecified atom stereocenters. The topological polar surface area (TPSA) is 38.7 Å². The van der Waals surface area contributed by atoms with Crippen LogP contribution in [0.25, 0.3) is 0 Å². The van der Waals surface area contributed by atoms with Crippen LogP contribution in [0, 0.1) is 5.82 Å². The van der Waals surface area contributed by atoms with Gasteiger partial charge in [0, 0.05) is 4.47 Å². The lowest BCUT2D eigenvalue weighted by atomic mass is 10.1. The van der Waals surface area contributed by atoms with Gasteiger partial charge in [0.15, 0.2) is 11.6 Å². The van der Waals surface area contributed by atoms with Gasteiger partial charge >= 0.3 is 0 Å². The Morgan fingerprint density at radius 1 is 1.15 bits per heavy atom. The van der Waals surface area contributed by atoms with Gasteiger partial charge in [-0.05, 0) is 37.3 Å². The van der Waals surface area contributed by atoms with Crippen molar-refractivity contribution in [3.63, 3.8) is 0 Å². The molecule has 5 heteroatoms. The molecule has 0 aromatic heterocycles. The molecule has 0 aliphatic heterocycles. The SMILES string of the molecule is COc1cccc(Oc2ccc(Br)cc2F)c1C(C)O. The third-order valence-corrected chi connectivity index (χ3v) is 3.27. The maximum absolute atomic E-state index is 13.8. The van der Waals surface area contributed by atoms with Crippen LogP contribution in [0.5, 0.6) is 17.2 Å². The molecule has 2 aromatic carbocycles. The van der Waals surface area contributed by atoms with Gasteiger partial charge < -0.3 is 14.6 Å². The average Bonchev–Trinajstić information content (AvgIpc) is 2.41. The van der Waals surface area contributed by atoms with E-state index in [1.165, 1.54) is 19.2 Å². The number of hydrogen-bond acceptors (Lipinski definition) is 3. The van der Waals surface area contributed by atoms with Crippen molar-refractivity contribution in [3.05, 3.63) is 52.3 Å². The highest BCUT2D eigenvalue weighted by Gasteiger charge is 2.17. The first-order valence-corrected chi connectivity index (χ1v) is 6.80. The summed E-state index contributed by atoms with van der Waals surface area (Å²) in [5.41, 5.74) is 0.484. The van der Waals surface area contributed by atoms with Gasteiger partial charge in [-0.1, -0.05) is 22.0 Å². The fourth-order valence-electron chi connectivity index (χ4n) is 1.88. The first-order valence-electron chi connectivity index (χ1n) is 6.00. The lowest BCUT2D eigenvalue weighted by Gasteiger charge is -2.16. The summed E-state index contributed by atoms with van der Waals surface area (Å²) in [6.45, 7) is 1.60. The van der Waals surface area contributed by atoms with Gasteiger partial charge in [0.1, 0.15) is 11.5 Å². The first-order chi connectivity index (χ1) is 9.52. The van der Waals surface area contributed by atoms with Gasteiger partial charge in [0.2, 0.25) is 0 Å². The molecule has 0 fully saturated rings. The van der Waals surface area contributed by atoms with Crippen LogP contribution in [-0.4, -0.2) is 12.2 Å². The Balaban J connectivity index is 2.43. The molecule has 0 aliphatic carbocycles. The zero-order chi connectivity index (χ0) is 14.7. The van der Waals surface area contributed by atoms with Crippen molar-refractivity contribution < 1.29 is 19.0 Å². The number of halogens is 2. The molecule has 0 saturated heterocycles. The molecule has 0 spiro atoms. The second kappa shape index (κ2) is 6.24. The van der Waals surface area contributed by atoms with E-state index in [-0.39, 0.29) is 5.75 Å². The van der Waals surface area contributed by atoms with Gasteiger partial charge in [-0.3, -0.25) is 0 Å². The van der Waals surface area contributed by atoms with Crippen LogP contribution in [0.3, 0.4) is 0 Å². The Morgan fingerprint density at radius 2 is 1.85 bits per heavy atom. The zero-order valence-corrected chi connectivity index (χ0v) is 12.6. The van der Waals surface area contributed by atoms with Gasteiger partial charge in [-0.2, -0.15) is 0 Å². The number of methoxy groups -OCH3 is 1. The van der Waals surface area contributed by atoms with Crippen molar-refractivity contribution in [2.24, 2.45) is 0 Å². The third-order valence-electron chi connectivity index (χ3n) is 2.78. The Bertz CT molecular complexity index is 614.